The number of amides is 1. The van der Waals surface area contributed by atoms with Gasteiger partial charge in [0.25, 0.3) is 12.3 Å². The first-order valence-corrected chi connectivity index (χ1v) is 11.6. The molecule has 12 heteroatoms. The summed E-state index contributed by atoms with van der Waals surface area (Å²) in [5, 5.41) is 10.1. The summed E-state index contributed by atoms with van der Waals surface area (Å²) in [5.74, 6) is 0.0955. The van der Waals surface area contributed by atoms with Crippen molar-refractivity contribution in [3.63, 3.8) is 0 Å². The number of aliphatic hydroxyl groups is 1. The number of morpholine rings is 1. The van der Waals surface area contributed by atoms with Crippen LogP contribution >= 0.6 is 0 Å². The van der Waals surface area contributed by atoms with Gasteiger partial charge in [0.2, 0.25) is 11.8 Å². The third kappa shape index (κ3) is 4.06. The van der Waals surface area contributed by atoms with Crippen LogP contribution in [0.4, 0.5) is 14.7 Å². The van der Waals surface area contributed by atoms with E-state index in [2.05, 4.69) is 15.0 Å². The number of alkyl halides is 2. The van der Waals surface area contributed by atoms with Crippen LogP contribution in [0.3, 0.4) is 0 Å². The van der Waals surface area contributed by atoms with Crippen molar-refractivity contribution in [2.45, 2.75) is 31.0 Å². The maximum absolute atomic E-state index is 14.0. The molecule has 3 aliphatic rings. The molecule has 1 saturated carbocycles. The molecule has 184 valence electrons. The highest BCUT2D eigenvalue weighted by Gasteiger charge is 2.52. The fourth-order valence-electron chi connectivity index (χ4n) is 4.39. The molecule has 3 aromatic rings. The summed E-state index contributed by atoms with van der Waals surface area (Å²) >= 11 is 0. The van der Waals surface area contributed by atoms with Crippen molar-refractivity contribution < 1.29 is 28.2 Å². The van der Waals surface area contributed by atoms with Gasteiger partial charge in [0.15, 0.2) is 5.82 Å². The standard InChI is InChI=1S/C23H24F2N6O4/c24-19(25)20-26-15-3-1-2-4-16(15)31(20)17-11-18(28-22(27-17)29-7-9-34-10-8-29)35-14-12-30(13-14)21(32)23(33)5-6-23/h1-4,11,14,19,33H,5-10,12-13H2. The van der Waals surface area contributed by atoms with E-state index in [0.717, 1.165) is 0 Å². The van der Waals surface area contributed by atoms with E-state index < -0.39 is 17.9 Å². The van der Waals surface area contributed by atoms with Crippen LogP contribution in [0.2, 0.25) is 0 Å². The number of hydrogen-bond donors (Lipinski definition) is 1. The highest BCUT2D eigenvalue weighted by atomic mass is 19.3. The number of anilines is 1. The molecule has 10 nitrogen and oxygen atoms in total. The summed E-state index contributed by atoms with van der Waals surface area (Å²) in [7, 11) is 0. The van der Waals surface area contributed by atoms with E-state index in [1.54, 1.807) is 29.2 Å². The average molecular weight is 486 g/mol. The Balaban J connectivity index is 1.34. The van der Waals surface area contributed by atoms with Crippen LogP contribution in [-0.2, 0) is 9.53 Å². The molecule has 1 aliphatic carbocycles. The van der Waals surface area contributed by atoms with Gasteiger partial charge in [-0.05, 0) is 25.0 Å². The number of nitrogens with zero attached hydrogens (tertiary/aromatic N) is 6. The van der Waals surface area contributed by atoms with E-state index in [1.807, 2.05) is 4.90 Å². The van der Waals surface area contributed by atoms with Gasteiger partial charge in [0.1, 0.15) is 17.5 Å². The van der Waals surface area contributed by atoms with Gasteiger partial charge in [-0.15, -0.1) is 0 Å². The smallest absolute Gasteiger partial charge is 0.296 e. The maximum Gasteiger partial charge on any atom is 0.296 e. The van der Waals surface area contributed by atoms with Crippen molar-refractivity contribution in [2.24, 2.45) is 0 Å². The summed E-state index contributed by atoms with van der Waals surface area (Å²) in [6, 6.07) is 8.40. The van der Waals surface area contributed by atoms with E-state index in [4.69, 9.17) is 9.47 Å². The number of fused-ring (bicyclic) bond motifs is 1. The molecule has 35 heavy (non-hydrogen) atoms. The molecule has 1 N–H and O–H groups in total. The van der Waals surface area contributed by atoms with Gasteiger partial charge in [0.05, 0.1) is 37.3 Å². The van der Waals surface area contributed by atoms with Crippen LogP contribution in [0.25, 0.3) is 16.9 Å². The van der Waals surface area contributed by atoms with Crippen LogP contribution in [-0.4, -0.2) is 86.5 Å². The molecule has 4 heterocycles. The molecule has 0 unspecified atom stereocenters. The average Bonchev–Trinajstić information content (AvgIpc) is 3.47. The molecule has 1 aromatic carbocycles. The first-order chi connectivity index (χ1) is 16.9. The Morgan fingerprint density at radius 2 is 1.89 bits per heavy atom. The van der Waals surface area contributed by atoms with E-state index in [0.29, 0.717) is 69.2 Å². The number of halogens is 2. The zero-order chi connectivity index (χ0) is 24.2. The second-order valence-electron chi connectivity index (χ2n) is 9.04. The van der Waals surface area contributed by atoms with E-state index >= 15 is 0 Å². The topological polar surface area (TPSA) is 106 Å². The van der Waals surface area contributed by atoms with Crippen molar-refractivity contribution in [1.82, 2.24) is 24.4 Å². The van der Waals surface area contributed by atoms with Crippen molar-refractivity contribution in [3.8, 4) is 11.7 Å². The normalized spacial score (nSPS) is 19.8. The predicted octanol–water partition coefficient (Wildman–Crippen LogP) is 1.70. The van der Waals surface area contributed by atoms with Gasteiger partial charge >= 0.3 is 0 Å². The van der Waals surface area contributed by atoms with Crippen LogP contribution in [0, 0.1) is 0 Å². The Hall–Kier alpha value is -3.38. The molecule has 0 radical (unpaired) electrons. The Morgan fingerprint density at radius 1 is 1.14 bits per heavy atom. The first kappa shape index (κ1) is 22.1. The molecule has 0 atom stereocenters. The minimum atomic E-state index is -2.81. The molecular weight excluding hydrogens is 462 g/mol. The summed E-state index contributed by atoms with van der Waals surface area (Å²) in [5.41, 5.74) is -0.286. The molecule has 3 fully saturated rings. The lowest BCUT2D eigenvalue weighted by Gasteiger charge is -2.39. The third-order valence-electron chi connectivity index (χ3n) is 6.53. The largest absolute Gasteiger partial charge is 0.470 e. The van der Waals surface area contributed by atoms with Crippen LogP contribution < -0.4 is 9.64 Å². The van der Waals surface area contributed by atoms with Gasteiger partial charge in [-0.25, -0.2) is 13.8 Å². The van der Waals surface area contributed by atoms with Crippen LogP contribution in [0.5, 0.6) is 5.88 Å². The molecule has 2 aliphatic heterocycles. The van der Waals surface area contributed by atoms with Crippen molar-refractivity contribution in [2.75, 3.05) is 44.3 Å². The van der Waals surface area contributed by atoms with Crippen molar-refractivity contribution >= 4 is 22.9 Å². The first-order valence-electron chi connectivity index (χ1n) is 11.6. The number of carbonyl (C=O) groups excluding carboxylic acids is 1. The molecule has 2 saturated heterocycles. The number of carbonyl (C=O) groups is 1. The summed E-state index contributed by atoms with van der Waals surface area (Å²) in [6.45, 7) is 2.76. The number of aromatic nitrogens is 4. The lowest BCUT2D eigenvalue weighted by molar-refractivity contribution is -0.151. The van der Waals surface area contributed by atoms with Crippen LogP contribution in [0.15, 0.2) is 30.3 Å². The van der Waals surface area contributed by atoms with E-state index in [9.17, 15) is 18.7 Å². The number of benzene rings is 1. The number of hydrogen-bond acceptors (Lipinski definition) is 8. The number of likely N-dealkylation sites (tertiary alicyclic amines) is 1. The van der Waals surface area contributed by atoms with E-state index in [1.165, 1.54) is 10.6 Å². The van der Waals surface area contributed by atoms with Gasteiger partial charge in [-0.1, -0.05) is 12.1 Å². The van der Waals surface area contributed by atoms with Gasteiger partial charge < -0.3 is 24.4 Å². The Bertz CT molecular complexity index is 1270. The molecule has 1 amide bonds. The third-order valence-corrected chi connectivity index (χ3v) is 6.53. The van der Waals surface area contributed by atoms with Gasteiger partial charge in [-0.3, -0.25) is 9.36 Å². The lowest BCUT2D eigenvalue weighted by atomic mass is 10.1. The SMILES string of the molecule is O=C(N1CC(Oc2cc(-n3c(C(F)F)nc4ccccc43)nc(N3CCOCC3)n2)C1)C1(O)CC1. The Kier molecular flexibility index (Phi) is 5.29. The minimum Gasteiger partial charge on any atom is -0.470 e. The monoisotopic (exact) mass is 486 g/mol. The number of rotatable bonds is 6. The summed E-state index contributed by atoms with van der Waals surface area (Å²) in [4.78, 5) is 29.0. The fourth-order valence-corrected chi connectivity index (χ4v) is 4.39. The molecule has 2 aromatic heterocycles. The second-order valence-corrected chi connectivity index (χ2v) is 9.04. The second kappa shape index (κ2) is 8.38. The predicted molar refractivity (Wildman–Crippen MR) is 120 cm³/mol. The quantitative estimate of drug-likeness (QED) is 0.562. The van der Waals surface area contributed by atoms with Crippen molar-refractivity contribution in [3.05, 3.63) is 36.2 Å². The molecule has 6 rings (SSSR count). The van der Waals surface area contributed by atoms with E-state index in [-0.39, 0.29) is 23.7 Å². The highest BCUT2D eigenvalue weighted by Crippen LogP contribution is 2.38. The molecular formula is C23H24F2N6O4. The highest BCUT2D eigenvalue weighted by molar-refractivity contribution is 5.88. The lowest BCUT2D eigenvalue weighted by Crippen LogP contribution is -2.59. The fraction of sp³-hybridized carbons (Fsp3) is 0.478. The van der Waals surface area contributed by atoms with Crippen LogP contribution in [0.1, 0.15) is 25.1 Å². The molecule has 0 bridgehead atoms. The van der Waals surface area contributed by atoms with Gasteiger partial charge in [-0.2, -0.15) is 9.97 Å². The zero-order valence-electron chi connectivity index (χ0n) is 18.8. The maximum atomic E-state index is 14.0. The molecule has 0 spiro atoms. The Labute approximate surface area is 199 Å². The summed E-state index contributed by atoms with van der Waals surface area (Å²) in [6.07, 6.45) is -2.17. The Morgan fingerprint density at radius 3 is 2.60 bits per heavy atom. The number of para-hydroxylation sites is 2. The zero-order valence-corrected chi connectivity index (χ0v) is 18.8. The summed E-state index contributed by atoms with van der Waals surface area (Å²) < 4.78 is 40.7. The number of ether oxygens (including phenoxy) is 2. The van der Waals surface area contributed by atoms with Crippen molar-refractivity contribution in [1.29, 1.82) is 0 Å². The number of imidazole rings is 1. The minimum absolute atomic E-state index is 0.219. The van der Waals surface area contributed by atoms with Gasteiger partial charge in [0, 0.05) is 19.2 Å².